The average molecular weight is 467 g/mol. The summed E-state index contributed by atoms with van der Waals surface area (Å²) in [5.74, 6) is 2.15. The molecule has 3 rings (SSSR count). The third-order valence-electron chi connectivity index (χ3n) is 4.07. The number of thioether (sulfide) groups is 1. The molecule has 1 aromatic heterocycles. The van der Waals surface area contributed by atoms with Crippen molar-refractivity contribution in [2.45, 2.75) is 25.2 Å². The van der Waals surface area contributed by atoms with Gasteiger partial charge in [0.2, 0.25) is 5.91 Å². The van der Waals surface area contributed by atoms with E-state index >= 15 is 0 Å². The highest BCUT2D eigenvalue weighted by Crippen LogP contribution is 2.25. The number of methoxy groups -OCH3 is 1. The van der Waals surface area contributed by atoms with Crippen LogP contribution >= 0.6 is 35.0 Å². The number of nitrogens with one attached hydrogen (secondary N) is 1. The number of carbonyl (C=O) groups is 1. The number of aromatic nitrogens is 3. The average Bonchev–Trinajstić information content (AvgIpc) is 3.15. The fourth-order valence-corrected chi connectivity index (χ4v) is 3.69. The van der Waals surface area contributed by atoms with E-state index in [1.807, 2.05) is 35.8 Å². The smallest absolute Gasteiger partial charge is 0.234 e. The highest BCUT2D eigenvalue weighted by molar-refractivity contribution is 7.99. The van der Waals surface area contributed by atoms with Gasteiger partial charge in [0.15, 0.2) is 11.0 Å². The van der Waals surface area contributed by atoms with E-state index in [4.69, 9.17) is 32.7 Å². The second-order valence-corrected chi connectivity index (χ2v) is 7.83. The molecule has 0 atom stereocenters. The van der Waals surface area contributed by atoms with Gasteiger partial charge in [-0.1, -0.05) is 35.0 Å². The lowest BCUT2D eigenvalue weighted by molar-refractivity contribution is -0.113. The Morgan fingerprint density at radius 1 is 1.10 bits per heavy atom. The van der Waals surface area contributed by atoms with Crippen LogP contribution in [0.3, 0.4) is 0 Å². The van der Waals surface area contributed by atoms with Crippen molar-refractivity contribution >= 4 is 46.6 Å². The van der Waals surface area contributed by atoms with Crippen LogP contribution in [0.1, 0.15) is 12.7 Å². The summed E-state index contributed by atoms with van der Waals surface area (Å²) in [4.78, 5) is 12.3. The van der Waals surface area contributed by atoms with Crippen LogP contribution < -0.4 is 14.8 Å². The third kappa shape index (κ3) is 5.81. The summed E-state index contributed by atoms with van der Waals surface area (Å²) in [5.41, 5.74) is 0.584. The van der Waals surface area contributed by atoms with Gasteiger partial charge >= 0.3 is 0 Å². The Labute approximate surface area is 188 Å². The van der Waals surface area contributed by atoms with Crippen molar-refractivity contribution in [2.24, 2.45) is 0 Å². The van der Waals surface area contributed by atoms with Gasteiger partial charge in [0.1, 0.15) is 18.1 Å². The van der Waals surface area contributed by atoms with Crippen LogP contribution in [0.4, 0.5) is 5.69 Å². The van der Waals surface area contributed by atoms with Crippen LogP contribution in [0, 0.1) is 0 Å². The molecule has 0 aliphatic carbocycles. The number of halogens is 2. The van der Waals surface area contributed by atoms with Gasteiger partial charge in [-0.25, -0.2) is 0 Å². The maximum absolute atomic E-state index is 12.3. The Balaban J connectivity index is 1.56. The number of rotatable bonds is 9. The first kappa shape index (κ1) is 22.3. The number of hydrogen-bond donors (Lipinski definition) is 1. The van der Waals surface area contributed by atoms with Crippen molar-refractivity contribution in [3.8, 4) is 11.5 Å². The quantitative estimate of drug-likeness (QED) is 0.450. The highest BCUT2D eigenvalue weighted by Gasteiger charge is 2.14. The lowest BCUT2D eigenvalue weighted by Gasteiger charge is -2.09. The predicted molar refractivity (Wildman–Crippen MR) is 119 cm³/mol. The fourth-order valence-electron chi connectivity index (χ4n) is 2.57. The minimum atomic E-state index is -0.180. The number of hydrogen-bond acceptors (Lipinski definition) is 6. The second-order valence-electron chi connectivity index (χ2n) is 6.07. The molecule has 1 heterocycles. The Morgan fingerprint density at radius 3 is 2.50 bits per heavy atom. The second kappa shape index (κ2) is 10.6. The molecular weight excluding hydrogens is 447 g/mol. The zero-order chi connectivity index (χ0) is 21.5. The van der Waals surface area contributed by atoms with E-state index in [2.05, 4.69) is 15.5 Å². The number of nitrogens with zero attached hydrogens (tertiary/aromatic N) is 3. The Hall–Kier alpha value is -2.42. The van der Waals surface area contributed by atoms with Crippen LogP contribution in [-0.4, -0.2) is 33.5 Å². The molecule has 0 bridgehead atoms. The van der Waals surface area contributed by atoms with Crippen LogP contribution in [0.15, 0.2) is 47.6 Å². The maximum atomic E-state index is 12.3. The first-order chi connectivity index (χ1) is 14.5. The number of anilines is 1. The molecule has 0 aliphatic rings. The van der Waals surface area contributed by atoms with E-state index in [1.54, 1.807) is 25.3 Å². The molecule has 1 N–H and O–H groups in total. The zero-order valence-corrected chi connectivity index (χ0v) is 18.7. The summed E-state index contributed by atoms with van der Waals surface area (Å²) in [6, 6.07) is 12.2. The number of ether oxygens (including phenoxy) is 2. The molecule has 0 aliphatic heterocycles. The van der Waals surface area contributed by atoms with Crippen molar-refractivity contribution in [2.75, 3.05) is 18.2 Å². The van der Waals surface area contributed by atoms with Crippen molar-refractivity contribution in [1.29, 1.82) is 0 Å². The van der Waals surface area contributed by atoms with Crippen molar-refractivity contribution < 1.29 is 14.3 Å². The largest absolute Gasteiger partial charge is 0.497 e. The SMILES string of the molecule is CCn1c(COc2ccc(OC)cc2)nnc1SCC(=O)Nc1ccc(Cl)c(Cl)c1. The Kier molecular flexibility index (Phi) is 7.84. The van der Waals surface area contributed by atoms with Crippen LogP contribution in [0.25, 0.3) is 0 Å². The molecule has 1 amide bonds. The molecule has 0 saturated carbocycles. The molecule has 0 spiro atoms. The van der Waals surface area contributed by atoms with E-state index in [0.29, 0.717) is 39.0 Å². The number of benzene rings is 2. The molecule has 3 aromatic rings. The van der Waals surface area contributed by atoms with Gasteiger partial charge in [0.05, 0.1) is 22.9 Å². The van der Waals surface area contributed by atoms with Gasteiger partial charge in [-0.3, -0.25) is 4.79 Å². The summed E-state index contributed by atoms with van der Waals surface area (Å²) < 4.78 is 12.8. The summed E-state index contributed by atoms with van der Waals surface area (Å²) in [6.45, 7) is 2.91. The van der Waals surface area contributed by atoms with E-state index < -0.39 is 0 Å². The van der Waals surface area contributed by atoms with E-state index in [1.165, 1.54) is 11.8 Å². The normalized spacial score (nSPS) is 10.7. The Bertz CT molecular complexity index is 1010. The van der Waals surface area contributed by atoms with Crippen molar-refractivity contribution in [3.05, 3.63) is 58.3 Å². The minimum Gasteiger partial charge on any atom is -0.497 e. The number of amides is 1. The fraction of sp³-hybridized carbons (Fsp3) is 0.250. The van der Waals surface area contributed by atoms with Gasteiger partial charge < -0.3 is 19.4 Å². The van der Waals surface area contributed by atoms with E-state index in [-0.39, 0.29) is 18.3 Å². The number of carbonyl (C=O) groups excluding carboxylic acids is 1. The first-order valence-corrected chi connectivity index (χ1v) is 10.8. The van der Waals surface area contributed by atoms with Gasteiger partial charge in [-0.2, -0.15) is 0 Å². The molecule has 158 valence electrons. The molecule has 7 nitrogen and oxygen atoms in total. The first-order valence-electron chi connectivity index (χ1n) is 9.06. The van der Waals surface area contributed by atoms with Crippen LogP contribution in [0.2, 0.25) is 10.0 Å². The van der Waals surface area contributed by atoms with Gasteiger partial charge in [0, 0.05) is 12.2 Å². The van der Waals surface area contributed by atoms with Crippen LogP contribution in [-0.2, 0) is 17.9 Å². The van der Waals surface area contributed by atoms with E-state index in [0.717, 1.165) is 5.75 Å². The molecule has 30 heavy (non-hydrogen) atoms. The monoisotopic (exact) mass is 466 g/mol. The minimum absolute atomic E-state index is 0.178. The lowest BCUT2D eigenvalue weighted by Crippen LogP contribution is -2.15. The van der Waals surface area contributed by atoms with Crippen LogP contribution in [0.5, 0.6) is 11.5 Å². The zero-order valence-electron chi connectivity index (χ0n) is 16.4. The maximum Gasteiger partial charge on any atom is 0.234 e. The summed E-state index contributed by atoms with van der Waals surface area (Å²) in [6.07, 6.45) is 0. The van der Waals surface area contributed by atoms with Gasteiger partial charge in [-0.15, -0.1) is 10.2 Å². The van der Waals surface area contributed by atoms with E-state index in [9.17, 15) is 4.79 Å². The third-order valence-corrected chi connectivity index (χ3v) is 5.78. The molecule has 0 unspecified atom stereocenters. The topological polar surface area (TPSA) is 78.3 Å². The summed E-state index contributed by atoms with van der Waals surface area (Å²) >= 11 is 13.2. The Morgan fingerprint density at radius 2 is 1.83 bits per heavy atom. The van der Waals surface area contributed by atoms with Gasteiger partial charge in [-0.05, 0) is 49.4 Å². The summed E-state index contributed by atoms with van der Waals surface area (Å²) in [5, 5.41) is 12.6. The molecule has 0 fully saturated rings. The predicted octanol–water partition coefficient (Wildman–Crippen LogP) is 4.92. The van der Waals surface area contributed by atoms with Crippen molar-refractivity contribution in [3.63, 3.8) is 0 Å². The molecular formula is C20H20Cl2N4O3S. The summed E-state index contributed by atoms with van der Waals surface area (Å²) in [7, 11) is 1.61. The molecule has 2 aromatic carbocycles. The molecule has 10 heteroatoms. The molecule has 0 saturated heterocycles. The van der Waals surface area contributed by atoms with Crippen molar-refractivity contribution in [1.82, 2.24) is 14.8 Å². The highest BCUT2D eigenvalue weighted by atomic mass is 35.5. The molecule has 0 radical (unpaired) electrons. The lowest BCUT2D eigenvalue weighted by atomic mass is 10.3. The standard InChI is InChI=1S/C20H20Cl2N4O3S/c1-3-26-18(11-29-15-7-5-14(28-2)6-8-15)24-25-20(26)30-12-19(27)23-13-4-9-16(21)17(22)10-13/h4-10H,3,11-12H2,1-2H3,(H,23,27). The van der Waals surface area contributed by atoms with Gasteiger partial charge in [0.25, 0.3) is 0 Å².